The summed E-state index contributed by atoms with van der Waals surface area (Å²) in [6.45, 7) is 8.44. The molecule has 0 spiro atoms. The van der Waals surface area contributed by atoms with Crippen LogP contribution in [-0.4, -0.2) is 30.4 Å². The Morgan fingerprint density at radius 2 is 1.91 bits per heavy atom. The van der Waals surface area contributed by atoms with Gasteiger partial charge in [0.2, 0.25) is 5.79 Å². The zero-order valence-corrected chi connectivity index (χ0v) is 19.6. The molecule has 0 radical (unpaired) electrons. The van der Waals surface area contributed by atoms with Gasteiger partial charge in [0.1, 0.15) is 17.6 Å². The van der Waals surface area contributed by atoms with Gasteiger partial charge in [0.15, 0.2) is 0 Å². The summed E-state index contributed by atoms with van der Waals surface area (Å²) >= 11 is 0. The molecule has 4 aliphatic rings. The number of esters is 2. The number of benzene rings is 1. The van der Waals surface area contributed by atoms with Crippen LogP contribution in [0.5, 0.6) is 11.5 Å². The lowest BCUT2D eigenvalue weighted by Crippen LogP contribution is -2.49. The second-order valence-corrected chi connectivity index (χ2v) is 9.96. The van der Waals surface area contributed by atoms with Crippen molar-refractivity contribution in [1.29, 1.82) is 0 Å². The SMILES string of the molecule is CCOc1cc2c(c(OC(=O)CC)c1)[C@H]1CC[C@@]3(C)[C@@H](C[C@H]4O[C@]43OC(=O)CC)[C@@H]1CC2. The Kier molecular flexibility index (Phi) is 5.27. The highest BCUT2D eigenvalue weighted by molar-refractivity contribution is 5.73. The van der Waals surface area contributed by atoms with E-state index in [4.69, 9.17) is 18.9 Å². The van der Waals surface area contributed by atoms with Gasteiger partial charge in [0.05, 0.1) is 6.61 Å². The maximum atomic E-state index is 12.2. The molecule has 0 unspecified atom stereocenters. The van der Waals surface area contributed by atoms with E-state index in [-0.39, 0.29) is 23.5 Å². The maximum absolute atomic E-state index is 12.2. The van der Waals surface area contributed by atoms with Crippen LogP contribution in [0.4, 0.5) is 0 Å². The Labute approximate surface area is 189 Å². The average molecular weight is 443 g/mol. The fourth-order valence-electron chi connectivity index (χ4n) is 6.93. The fourth-order valence-corrected chi connectivity index (χ4v) is 6.93. The molecule has 6 heteroatoms. The van der Waals surface area contributed by atoms with Crippen molar-refractivity contribution in [3.05, 3.63) is 23.3 Å². The number of aryl methyl sites for hydroxylation is 1. The minimum atomic E-state index is -0.730. The van der Waals surface area contributed by atoms with E-state index in [1.165, 1.54) is 11.1 Å². The van der Waals surface area contributed by atoms with Gasteiger partial charge < -0.3 is 18.9 Å². The Hall–Kier alpha value is -2.08. The molecular weight excluding hydrogens is 408 g/mol. The van der Waals surface area contributed by atoms with Gasteiger partial charge in [-0.25, -0.2) is 0 Å². The van der Waals surface area contributed by atoms with Crippen LogP contribution >= 0.6 is 0 Å². The minimum Gasteiger partial charge on any atom is -0.494 e. The molecule has 0 bridgehead atoms. The van der Waals surface area contributed by atoms with Gasteiger partial charge in [0, 0.05) is 29.9 Å². The van der Waals surface area contributed by atoms with Gasteiger partial charge in [-0.3, -0.25) is 9.59 Å². The van der Waals surface area contributed by atoms with E-state index in [1.807, 2.05) is 26.8 Å². The van der Waals surface area contributed by atoms with Crippen molar-refractivity contribution in [1.82, 2.24) is 0 Å². The van der Waals surface area contributed by atoms with E-state index < -0.39 is 5.79 Å². The largest absolute Gasteiger partial charge is 0.494 e. The Morgan fingerprint density at radius 1 is 1.12 bits per heavy atom. The van der Waals surface area contributed by atoms with Gasteiger partial charge in [-0.2, -0.15) is 0 Å². The fraction of sp³-hybridized carbons (Fsp3) is 0.692. The van der Waals surface area contributed by atoms with E-state index in [1.54, 1.807) is 0 Å². The summed E-state index contributed by atoms with van der Waals surface area (Å²) in [5.41, 5.74) is 2.27. The second kappa shape index (κ2) is 7.75. The van der Waals surface area contributed by atoms with Crippen LogP contribution in [-0.2, 0) is 25.5 Å². The minimum absolute atomic E-state index is 0.0193. The molecule has 0 amide bonds. The first-order valence-corrected chi connectivity index (χ1v) is 12.3. The number of hydrogen-bond donors (Lipinski definition) is 0. The van der Waals surface area contributed by atoms with Crippen LogP contribution < -0.4 is 9.47 Å². The molecule has 3 fully saturated rings. The molecule has 1 saturated heterocycles. The van der Waals surface area contributed by atoms with Crippen molar-refractivity contribution < 1.29 is 28.5 Å². The normalized spacial score (nSPS) is 36.2. The van der Waals surface area contributed by atoms with Gasteiger partial charge in [0.25, 0.3) is 0 Å². The third kappa shape index (κ3) is 3.09. The molecule has 6 atom stereocenters. The predicted octanol–water partition coefficient (Wildman–Crippen LogP) is 4.92. The maximum Gasteiger partial charge on any atom is 0.310 e. The van der Waals surface area contributed by atoms with Gasteiger partial charge in [-0.1, -0.05) is 20.8 Å². The van der Waals surface area contributed by atoms with E-state index in [0.717, 1.165) is 37.9 Å². The Balaban J connectivity index is 1.48. The lowest BCUT2D eigenvalue weighted by Gasteiger charge is -2.51. The summed E-state index contributed by atoms with van der Waals surface area (Å²) < 4.78 is 23.6. The van der Waals surface area contributed by atoms with Crippen LogP contribution in [0.2, 0.25) is 0 Å². The zero-order valence-electron chi connectivity index (χ0n) is 19.6. The van der Waals surface area contributed by atoms with Crippen LogP contribution in [0.25, 0.3) is 0 Å². The topological polar surface area (TPSA) is 74.4 Å². The number of epoxide rings is 1. The third-order valence-electron chi connectivity index (χ3n) is 8.47. The Bertz CT molecular complexity index is 940. The zero-order chi connectivity index (χ0) is 22.7. The molecular formula is C26H34O6. The second-order valence-electron chi connectivity index (χ2n) is 9.96. The third-order valence-corrected chi connectivity index (χ3v) is 8.47. The summed E-state index contributed by atoms with van der Waals surface area (Å²) in [5, 5.41) is 0. The highest BCUT2D eigenvalue weighted by Crippen LogP contribution is 2.72. The van der Waals surface area contributed by atoms with Crippen molar-refractivity contribution in [2.24, 2.45) is 17.3 Å². The first kappa shape index (κ1) is 21.7. The highest BCUT2D eigenvalue weighted by atomic mass is 16.8. The first-order valence-electron chi connectivity index (χ1n) is 12.3. The first-order chi connectivity index (χ1) is 15.4. The Morgan fingerprint density at radius 3 is 2.62 bits per heavy atom. The summed E-state index contributed by atoms with van der Waals surface area (Å²) in [6, 6.07) is 4.03. The molecule has 1 aliphatic heterocycles. The predicted molar refractivity (Wildman–Crippen MR) is 118 cm³/mol. The van der Waals surface area contributed by atoms with Crippen LogP contribution in [0.1, 0.15) is 83.3 Å². The molecule has 1 aromatic carbocycles. The number of carbonyl (C=O) groups excluding carboxylic acids is 2. The molecule has 2 saturated carbocycles. The molecule has 6 nitrogen and oxygen atoms in total. The highest BCUT2D eigenvalue weighted by Gasteiger charge is 2.79. The van der Waals surface area contributed by atoms with Crippen molar-refractivity contribution in [3.8, 4) is 11.5 Å². The van der Waals surface area contributed by atoms with Crippen LogP contribution in [0.15, 0.2) is 12.1 Å². The standard InChI is InChI=1S/C26H34O6/c1-5-22(27)30-20-13-16(29-7-3)12-15-8-9-17-18(24(15)20)10-11-25(4)19(17)14-21-26(25,31-21)32-23(28)6-2/h12-13,17-19,21H,5-11,14H2,1-4H3/t17-,18+,19+,21-,25+,26+/m1/s1. The molecule has 3 aliphatic carbocycles. The lowest BCUT2D eigenvalue weighted by molar-refractivity contribution is -0.187. The number of ether oxygens (including phenoxy) is 4. The van der Waals surface area contributed by atoms with Crippen molar-refractivity contribution in [2.45, 2.75) is 90.4 Å². The summed E-state index contributed by atoms with van der Waals surface area (Å²) in [5.74, 6) is 1.54. The molecule has 0 aromatic heterocycles. The summed E-state index contributed by atoms with van der Waals surface area (Å²) in [7, 11) is 0. The van der Waals surface area contributed by atoms with Crippen LogP contribution in [0.3, 0.4) is 0 Å². The number of rotatable bonds is 6. The molecule has 1 heterocycles. The summed E-state index contributed by atoms with van der Waals surface area (Å²) in [6.07, 6.45) is 5.58. The van der Waals surface area contributed by atoms with E-state index >= 15 is 0 Å². The summed E-state index contributed by atoms with van der Waals surface area (Å²) in [4.78, 5) is 24.4. The van der Waals surface area contributed by atoms with E-state index in [2.05, 4.69) is 13.0 Å². The van der Waals surface area contributed by atoms with Gasteiger partial charge in [-0.05, 0) is 68.4 Å². The van der Waals surface area contributed by atoms with Crippen molar-refractivity contribution in [3.63, 3.8) is 0 Å². The van der Waals surface area contributed by atoms with Gasteiger partial charge >= 0.3 is 11.9 Å². The smallest absolute Gasteiger partial charge is 0.310 e. The quantitative estimate of drug-likeness (QED) is 0.354. The molecule has 5 rings (SSSR count). The molecule has 1 aromatic rings. The number of carbonyl (C=O) groups is 2. The molecule has 32 heavy (non-hydrogen) atoms. The van der Waals surface area contributed by atoms with Crippen LogP contribution in [0, 0.1) is 17.3 Å². The van der Waals surface area contributed by atoms with E-state index in [0.29, 0.717) is 43.0 Å². The lowest BCUT2D eigenvalue weighted by atomic mass is 9.55. The number of fused-ring (bicyclic) bond motifs is 7. The number of hydrogen-bond acceptors (Lipinski definition) is 6. The van der Waals surface area contributed by atoms with Crippen molar-refractivity contribution >= 4 is 11.9 Å². The van der Waals surface area contributed by atoms with E-state index in [9.17, 15) is 9.59 Å². The average Bonchev–Trinajstić information content (AvgIpc) is 3.42. The molecule has 0 N–H and O–H groups in total. The van der Waals surface area contributed by atoms with Gasteiger partial charge in [-0.15, -0.1) is 0 Å². The van der Waals surface area contributed by atoms with Crippen molar-refractivity contribution in [2.75, 3.05) is 6.61 Å². The monoisotopic (exact) mass is 442 g/mol. The molecule has 174 valence electrons.